The van der Waals surface area contributed by atoms with Crippen LogP contribution in [0.2, 0.25) is 5.15 Å². The molecule has 2 N–H and O–H groups in total. The lowest BCUT2D eigenvalue weighted by Gasteiger charge is -2.07. The van der Waals surface area contributed by atoms with E-state index in [4.69, 9.17) is 11.6 Å². The zero-order valence-corrected chi connectivity index (χ0v) is 10.4. The molecule has 0 radical (unpaired) electrons. The van der Waals surface area contributed by atoms with E-state index in [-0.39, 0.29) is 11.3 Å². The summed E-state index contributed by atoms with van der Waals surface area (Å²) in [5, 5.41) is 12.5. The summed E-state index contributed by atoms with van der Waals surface area (Å²) in [6.45, 7) is 1.84. The molecule has 0 aliphatic carbocycles. The van der Waals surface area contributed by atoms with Crippen LogP contribution in [0.5, 0.6) is 5.75 Å². The summed E-state index contributed by atoms with van der Waals surface area (Å²) in [4.78, 5) is 15.9. The fraction of sp³-hybridized carbons (Fsp3) is 0.0769. The first-order chi connectivity index (χ1) is 8.56. The van der Waals surface area contributed by atoms with Gasteiger partial charge in [-0.25, -0.2) is 4.98 Å². The summed E-state index contributed by atoms with van der Waals surface area (Å²) in [7, 11) is 0. The van der Waals surface area contributed by atoms with Crippen molar-refractivity contribution in [2.45, 2.75) is 6.92 Å². The number of carbonyl (C=O) groups excluding carboxylic acids is 1. The molecule has 0 aliphatic heterocycles. The zero-order chi connectivity index (χ0) is 13.1. The van der Waals surface area contributed by atoms with Crippen LogP contribution in [-0.4, -0.2) is 16.0 Å². The Morgan fingerprint density at radius 3 is 2.83 bits per heavy atom. The first-order valence-corrected chi connectivity index (χ1v) is 5.67. The van der Waals surface area contributed by atoms with Crippen molar-refractivity contribution in [2.75, 3.05) is 5.32 Å². The zero-order valence-electron chi connectivity index (χ0n) is 9.64. The highest BCUT2D eigenvalue weighted by Gasteiger charge is 2.12. The van der Waals surface area contributed by atoms with Gasteiger partial charge in [0, 0.05) is 0 Å². The first kappa shape index (κ1) is 12.4. The molecule has 4 nitrogen and oxygen atoms in total. The maximum absolute atomic E-state index is 11.9. The Morgan fingerprint density at radius 2 is 2.11 bits per heavy atom. The number of nitrogens with zero attached hydrogens (tertiary/aromatic N) is 1. The number of nitrogens with one attached hydrogen (secondary N) is 1. The number of phenolic OH excluding ortho intramolecular Hbond substituents is 1. The number of phenols is 1. The molecule has 0 saturated carbocycles. The highest BCUT2D eigenvalue weighted by Crippen LogP contribution is 2.19. The third kappa shape index (κ3) is 2.78. The lowest BCUT2D eigenvalue weighted by atomic mass is 10.1. The van der Waals surface area contributed by atoms with E-state index in [0.717, 1.165) is 5.56 Å². The van der Waals surface area contributed by atoms with E-state index in [9.17, 15) is 9.90 Å². The molecule has 0 bridgehead atoms. The molecular formula is C13H11ClN2O2. The highest BCUT2D eigenvalue weighted by molar-refractivity contribution is 6.29. The van der Waals surface area contributed by atoms with Gasteiger partial charge >= 0.3 is 0 Å². The minimum absolute atomic E-state index is 0.0693. The molecule has 18 heavy (non-hydrogen) atoms. The van der Waals surface area contributed by atoms with Crippen molar-refractivity contribution in [3.63, 3.8) is 0 Å². The molecule has 2 aromatic rings. The van der Waals surface area contributed by atoms with Crippen molar-refractivity contribution in [1.29, 1.82) is 0 Å². The Hall–Kier alpha value is -2.07. The summed E-state index contributed by atoms with van der Waals surface area (Å²) in [5.74, 6) is -0.153. The van der Waals surface area contributed by atoms with Crippen LogP contribution in [0.25, 0.3) is 0 Å². The number of carbonyl (C=O) groups is 1. The second kappa shape index (κ2) is 5.06. The molecule has 5 heteroatoms. The van der Waals surface area contributed by atoms with E-state index in [0.29, 0.717) is 11.0 Å². The third-order valence-electron chi connectivity index (χ3n) is 2.35. The van der Waals surface area contributed by atoms with Gasteiger partial charge < -0.3 is 10.4 Å². The van der Waals surface area contributed by atoms with Gasteiger partial charge in [0.15, 0.2) is 0 Å². The summed E-state index contributed by atoms with van der Waals surface area (Å²) < 4.78 is 0. The quantitative estimate of drug-likeness (QED) is 0.818. The molecule has 0 fully saturated rings. The molecule has 2 rings (SSSR count). The second-order valence-corrected chi connectivity index (χ2v) is 4.21. The average molecular weight is 263 g/mol. The van der Waals surface area contributed by atoms with E-state index in [1.54, 1.807) is 30.3 Å². The molecule has 0 spiro atoms. The molecule has 0 aliphatic rings. The predicted octanol–water partition coefficient (Wildman–Crippen LogP) is 3.00. The topological polar surface area (TPSA) is 62.2 Å². The van der Waals surface area contributed by atoms with Crippen LogP contribution in [0.3, 0.4) is 0 Å². The van der Waals surface area contributed by atoms with Gasteiger partial charge in [0.1, 0.15) is 16.7 Å². The number of aromatic hydroxyl groups is 1. The molecule has 1 heterocycles. The van der Waals surface area contributed by atoms with Gasteiger partial charge in [-0.05, 0) is 31.2 Å². The lowest BCUT2D eigenvalue weighted by molar-refractivity contribution is 0.102. The SMILES string of the molecule is Cc1ccc(O)c(C(=O)Nc2cccc(Cl)n2)c1. The Bertz CT molecular complexity index is 599. The third-order valence-corrected chi connectivity index (χ3v) is 2.56. The Labute approximate surface area is 109 Å². The van der Waals surface area contributed by atoms with Crippen LogP contribution in [0.4, 0.5) is 5.82 Å². The summed E-state index contributed by atoms with van der Waals surface area (Å²) in [5.41, 5.74) is 1.09. The van der Waals surface area contributed by atoms with Crippen molar-refractivity contribution in [3.8, 4) is 5.75 Å². The van der Waals surface area contributed by atoms with Crippen molar-refractivity contribution < 1.29 is 9.90 Å². The molecule has 1 amide bonds. The number of rotatable bonds is 2. The normalized spacial score (nSPS) is 10.1. The maximum Gasteiger partial charge on any atom is 0.260 e. The Morgan fingerprint density at radius 1 is 1.33 bits per heavy atom. The van der Waals surface area contributed by atoms with Crippen LogP contribution in [0, 0.1) is 6.92 Å². The van der Waals surface area contributed by atoms with Gasteiger partial charge in [-0.15, -0.1) is 0 Å². The molecule has 0 atom stereocenters. The predicted molar refractivity (Wildman–Crippen MR) is 70.0 cm³/mol. The number of aryl methyl sites for hydroxylation is 1. The molecule has 92 valence electrons. The Kier molecular flexibility index (Phi) is 3.48. The minimum Gasteiger partial charge on any atom is -0.507 e. The van der Waals surface area contributed by atoms with E-state index in [1.807, 2.05) is 6.92 Å². The summed E-state index contributed by atoms with van der Waals surface area (Å²) in [6.07, 6.45) is 0. The average Bonchev–Trinajstić information content (AvgIpc) is 2.32. The van der Waals surface area contributed by atoms with E-state index < -0.39 is 5.91 Å². The molecule has 1 aromatic heterocycles. The molecule has 0 saturated heterocycles. The van der Waals surface area contributed by atoms with Gasteiger partial charge in [0.05, 0.1) is 5.56 Å². The fourth-order valence-corrected chi connectivity index (χ4v) is 1.66. The number of halogens is 1. The van der Waals surface area contributed by atoms with Gasteiger partial charge in [-0.1, -0.05) is 29.3 Å². The number of aromatic nitrogens is 1. The van der Waals surface area contributed by atoms with Crippen molar-refractivity contribution in [1.82, 2.24) is 4.98 Å². The van der Waals surface area contributed by atoms with Crippen LogP contribution >= 0.6 is 11.6 Å². The number of amides is 1. The lowest BCUT2D eigenvalue weighted by Crippen LogP contribution is -2.13. The minimum atomic E-state index is -0.425. The van der Waals surface area contributed by atoms with Crippen molar-refractivity contribution >= 4 is 23.3 Å². The van der Waals surface area contributed by atoms with Gasteiger partial charge in [-0.3, -0.25) is 4.79 Å². The van der Waals surface area contributed by atoms with Gasteiger partial charge in [0.25, 0.3) is 5.91 Å². The first-order valence-electron chi connectivity index (χ1n) is 5.30. The monoisotopic (exact) mass is 262 g/mol. The fourth-order valence-electron chi connectivity index (χ4n) is 1.49. The smallest absolute Gasteiger partial charge is 0.260 e. The number of hydrogen-bond donors (Lipinski definition) is 2. The number of benzene rings is 1. The van der Waals surface area contributed by atoms with Crippen molar-refractivity contribution in [3.05, 3.63) is 52.7 Å². The molecule has 1 aromatic carbocycles. The van der Waals surface area contributed by atoms with Crippen LogP contribution in [-0.2, 0) is 0 Å². The highest BCUT2D eigenvalue weighted by atomic mass is 35.5. The van der Waals surface area contributed by atoms with Crippen LogP contribution < -0.4 is 5.32 Å². The van der Waals surface area contributed by atoms with E-state index in [2.05, 4.69) is 10.3 Å². The van der Waals surface area contributed by atoms with E-state index >= 15 is 0 Å². The van der Waals surface area contributed by atoms with E-state index in [1.165, 1.54) is 6.07 Å². The second-order valence-electron chi connectivity index (χ2n) is 3.82. The standard InChI is InChI=1S/C13H11ClN2O2/c1-8-5-6-10(17)9(7-8)13(18)16-12-4-2-3-11(14)15-12/h2-7,17H,1H3,(H,15,16,18). The van der Waals surface area contributed by atoms with Crippen LogP contribution in [0.1, 0.15) is 15.9 Å². The van der Waals surface area contributed by atoms with Gasteiger partial charge in [-0.2, -0.15) is 0 Å². The Balaban J connectivity index is 2.24. The number of anilines is 1. The summed E-state index contributed by atoms with van der Waals surface area (Å²) in [6, 6.07) is 9.73. The van der Waals surface area contributed by atoms with Crippen LogP contribution in [0.15, 0.2) is 36.4 Å². The molecule has 0 unspecified atom stereocenters. The van der Waals surface area contributed by atoms with Gasteiger partial charge in [0.2, 0.25) is 0 Å². The molecular weight excluding hydrogens is 252 g/mol. The maximum atomic E-state index is 11.9. The number of hydrogen-bond acceptors (Lipinski definition) is 3. The van der Waals surface area contributed by atoms with Crippen molar-refractivity contribution in [2.24, 2.45) is 0 Å². The number of pyridine rings is 1. The summed E-state index contributed by atoms with van der Waals surface area (Å²) >= 11 is 5.72. The largest absolute Gasteiger partial charge is 0.507 e.